The van der Waals surface area contributed by atoms with Gasteiger partial charge < -0.3 is 10.8 Å². The van der Waals surface area contributed by atoms with Crippen LogP contribution in [0.1, 0.15) is 18.4 Å². The quantitative estimate of drug-likeness (QED) is 0.737. The van der Waals surface area contributed by atoms with Crippen LogP contribution in [0.4, 0.5) is 0 Å². The topological polar surface area (TPSA) is 46.2 Å². The molecule has 0 radical (unpaired) electrons. The van der Waals surface area contributed by atoms with E-state index < -0.39 is 0 Å². The molecule has 0 bridgehead atoms. The number of phenolic OH excluding ortho intramolecular Hbond substituents is 1. The zero-order valence-electron chi connectivity index (χ0n) is 7.61. The van der Waals surface area contributed by atoms with Crippen LogP contribution >= 0.6 is 0 Å². The van der Waals surface area contributed by atoms with Gasteiger partial charge in [0.15, 0.2) is 0 Å². The Kier molecular flexibility index (Phi) is 2.23. The highest BCUT2D eigenvalue weighted by Gasteiger charge is 2.28. The standard InChI is InChI=1S/C11H15NO/c12-10(8-5-6-8)7-9-3-1-2-4-11(9)13/h1-4,8,10,13H,5-7,12H2. The van der Waals surface area contributed by atoms with Crippen molar-refractivity contribution in [3.8, 4) is 5.75 Å². The van der Waals surface area contributed by atoms with E-state index in [1.807, 2.05) is 18.2 Å². The van der Waals surface area contributed by atoms with E-state index in [4.69, 9.17) is 5.73 Å². The van der Waals surface area contributed by atoms with Gasteiger partial charge in [-0.05, 0) is 36.8 Å². The number of phenols is 1. The van der Waals surface area contributed by atoms with Crippen molar-refractivity contribution in [1.29, 1.82) is 0 Å². The van der Waals surface area contributed by atoms with Crippen LogP contribution in [0.2, 0.25) is 0 Å². The van der Waals surface area contributed by atoms with Gasteiger partial charge in [-0.1, -0.05) is 18.2 Å². The van der Waals surface area contributed by atoms with Crippen molar-refractivity contribution in [2.75, 3.05) is 0 Å². The van der Waals surface area contributed by atoms with Gasteiger partial charge in [0.05, 0.1) is 0 Å². The lowest BCUT2D eigenvalue weighted by molar-refractivity contribution is 0.461. The summed E-state index contributed by atoms with van der Waals surface area (Å²) in [7, 11) is 0. The largest absolute Gasteiger partial charge is 0.508 e. The lowest BCUT2D eigenvalue weighted by atomic mass is 10.0. The van der Waals surface area contributed by atoms with Gasteiger partial charge in [0.1, 0.15) is 5.75 Å². The molecule has 0 amide bonds. The molecule has 2 heteroatoms. The van der Waals surface area contributed by atoms with E-state index in [0.29, 0.717) is 11.7 Å². The first-order valence-electron chi connectivity index (χ1n) is 4.80. The van der Waals surface area contributed by atoms with Crippen LogP contribution in [0.25, 0.3) is 0 Å². The molecule has 2 nitrogen and oxygen atoms in total. The summed E-state index contributed by atoms with van der Waals surface area (Å²) in [5.74, 6) is 1.07. The van der Waals surface area contributed by atoms with Crippen LogP contribution in [0.3, 0.4) is 0 Å². The number of aromatic hydroxyl groups is 1. The van der Waals surface area contributed by atoms with Crippen molar-refractivity contribution < 1.29 is 5.11 Å². The summed E-state index contributed by atoms with van der Waals surface area (Å²) in [6.45, 7) is 0. The molecule has 1 fully saturated rings. The first kappa shape index (κ1) is 8.57. The van der Waals surface area contributed by atoms with Crippen LogP contribution in [0.15, 0.2) is 24.3 Å². The Bertz CT molecular complexity index is 294. The van der Waals surface area contributed by atoms with Gasteiger partial charge in [0, 0.05) is 6.04 Å². The maximum absolute atomic E-state index is 9.51. The van der Waals surface area contributed by atoms with Crippen LogP contribution in [-0.2, 0) is 6.42 Å². The number of rotatable bonds is 3. The van der Waals surface area contributed by atoms with Gasteiger partial charge >= 0.3 is 0 Å². The Morgan fingerprint density at radius 2 is 2.08 bits per heavy atom. The number of para-hydroxylation sites is 1. The summed E-state index contributed by atoms with van der Waals surface area (Å²) in [5.41, 5.74) is 6.94. The molecule has 70 valence electrons. The normalized spacial score (nSPS) is 18.5. The molecule has 1 saturated carbocycles. The van der Waals surface area contributed by atoms with Crippen molar-refractivity contribution in [3.63, 3.8) is 0 Å². The van der Waals surface area contributed by atoms with Gasteiger partial charge in [0.2, 0.25) is 0 Å². The predicted octanol–water partition coefficient (Wildman–Crippen LogP) is 1.67. The van der Waals surface area contributed by atoms with Crippen molar-refractivity contribution in [3.05, 3.63) is 29.8 Å². The van der Waals surface area contributed by atoms with E-state index in [1.165, 1.54) is 12.8 Å². The van der Waals surface area contributed by atoms with E-state index in [2.05, 4.69) is 0 Å². The second kappa shape index (κ2) is 3.38. The van der Waals surface area contributed by atoms with Crippen molar-refractivity contribution in [1.82, 2.24) is 0 Å². The van der Waals surface area contributed by atoms with Crippen LogP contribution < -0.4 is 5.73 Å². The third kappa shape index (κ3) is 2.01. The highest BCUT2D eigenvalue weighted by molar-refractivity contribution is 5.32. The van der Waals surface area contributed by atoms with Crippen molar-refractivity contribution >= 4 is 0 Å². The average molecular weight is 177 g/mol. The Labute approximate surface area is 78.4 Å². The first-order valence-corrected chi connectivity index (χ1v) is 4.80. The van der Waals surface area contributed by atoms with E-state index in [1.54, 1.807) is 6.07 Å². The summed E-state index contributed by atoms with van der Waals surface area (Å²) in [4.78, 5) is 0. The fourth-order valence-corrected chi connectivity index (χ4v) is 1.63. The maximum Gasteiger partial charge on any atom is 0.118 e. The molecular weight excluding hydrogens is 162 g/mol. The second-order valence-corrected chi connectivity index (χ2v) is 3.83. The molecule has 1 aliphatic carbocycles. The highest BCUT2D eigenvalue weighted by atomic mass is 16.3. The SMILES string of the molecule is NC(Cc1ccccc1O)C1CC1. The van der Waals surface area contributed by atoms with E-state index in [-0.39, 0.29) is 6.04 Å². The van der Waals surface area contributed by atoms with Gasteiger partial charge in [-0.3, -0.25) is 0 Å². The molecule has 0 aromatic heterocycles. The molecule has 13 heavy (non-hydrogen) atoms. The average Bonchev–Trinajstić information content (AvgIpc) is 2.91. The van der Waals surface area contributed by atoms with Gasteiger partial charge in [-0.15, -0.1) is 0 Å². The molecule has 1 atom stereocenters. The van der Waals surface area contributed by atoms with Crippen molar-refractivity contribution in [2.45, 2.75) is 25.3 Å². The van der Waals surface area contributed by atoms with E-state index >= 15 is 0 Å². The minimum absolute atomic E-state index is 0.230. The number of benzene rings is 1. The molecule has 1 aromatic carbocycles. The van der Waals surface area contributed by atoms with Gasteiger partial charge in [-0.25, -0.2) is 0 Å². The Hall–Kier alpha value is -1.02. The number of hydrogen-bond donors (Lipinski definition) is 2. The van der Waals surface area contributed by atoms with Crippen LogP contribution in [-0.4, -0.2) is 11.1 Å². The molecular formula is C11H15NO. The molecule has 0 spiro atoms. The maximum atomic E-state index is 9.51. The minimum atomic E-state index is 0.230. The molecule has 1 aliphatic rings. The number of hydrogen-bond acceptors (Lipinski definition) is 2. The minimum Gasteiger partial charge on any atom is -0.508 e. The molecule has 0 saturated heterocycles. The third-order valence-corrected chi connectivity index (χ3v) is 2.67. The van der Waals surface area contributed by atoms with E-state index in [0.717, 1.165) is 12.0 Å². The van der Waals surface area contributed by atoms with Crippen LogP contribution in [0, 0.1) is 5.92 Å². The zero-order valence-corrected chi connectivity index (χ0v) is 7.61. The zero-order chi connectivity index (χ0) is 9.26. The molecule has 0 aliphatic heterocycles. The Morgan fingerprint density at radius 1 is 1.38 bits per heavy atom. The molecule has 0 heterocycles. The second-order valence-electron chi connectivity index (χ2n) is 3.83. The molecule has 1 unspecified atom stereocenters. The lowest BCUT2D eigenvalue weighted by Crippen LogP contribution is -2.24. The molecule has 2 rings (SSSR count). The number of nitrogens with two attached hydrogens (primary N) is 1. The Morgan fingerprint density at radius 3 is 2.69 bits per heavy atom. The molecule has 3 N–H and O–H groups in total. The van der Waals surface area contributed by atoms with Crippen LogP contribution in [0.5, 0.6) is 5.75 Å². The Balaban J connectivity index is 2.03. The third-order valence-electron chi connectivity index (χ3n) is 2.67. The van der Waals surface area contributed by atoms with E-state index in [9.17, 15) is 5.11 Å². The fraction of sp³-hybridized carbons (Fsp3) is 0.455. The summed E-state index contributed by atoms with van der Waals surface area (Å²) < 4.78 is 0. The van der Waals surface area contributed by atoms with Gasteiger partial charge in [-0.2, -0.15) is 0 Å². The lowest BCUT2D eigenvalue weighted by Gasteiger charge is -2.10. The first-order chi connectivity index (χ1) is 6.27. The fourth-order valence-electron chi connectivity index (χ4n) is 1.63. The van der Waals surface area contributed by atoms with Gasteiger partial charge in [0.25, 0.3) is 0 Å². The van der Waals surface area contributed by atoms with Crippen molar-refractivity contribution in [2.24, 2.45) is 11.7 Å². The molecule has 1 aromatic rings. The predicted molar refractivity (Wildman–Crippen MR) is 52.5 cm³/mol. The summed E-state index contributed by atoms with van der Waals surface area (Å²) in [6, 6.07) is 7.66. The summed E-state index contributed by atoms with van der Waals surface area (Å²) >= 11 is 0. The summed E-state index contributed by atoms with van der Waals surface area (Å²) in [6.07, 6.45) is 3.32. The highest BCUT2D eigenvalue weighted by Crippen LogP contribution is 2.33. The monoisotopic (exact) mass is 177 g/mol. The smallest absolute Gasteiger partial charge is 0.118 e. The summed E-state index contributed by atoms with van der Waals surface area (Å²) in [5, 5.41) is 9.51.